The monoisotopic (exact) mass is 467 g/mol. The Morgan fingerprint density at radius 2 is 1.63 bits per heavy atom. The number of carboxylic acid groups (broad SMARTS) is 1. The predicted molar refractivity (Wildman–Crippen MR) is 97.4 cm³/mol. The van der Waals surface area contributed by atoms with Crippen LogP contribution in [-0.2, 0) is 6.18 Å². The van der Waals surface area contributed by atoms with Crippen LogP contribution in [0.2, 0.25) is 10.0 Å². The van der Waals surface area contributed by atoms with Crippen LogP contribution < -0.4 is 0 Å². The number of halogens is 8. The van der Waals surface area contributed by atoms with Crippen molar-refractivity contribution in [2.45, 2.75) is 18.3 Å². The lowest BCUT2D eigenvalue weighted by Crippen LogP contribution is -2.19. The lowest BCUT2D eigenvalue weighted by Gasteiger charge is -2.18. The second kappa shape index (κ2) is 8.58. The molecule has 1 atom stereocenters. The highest BCUT2D eigenvalue weighted by molar-refractivity contribution is 6.36. The molecule has 3 nitrogen and oxygen atoms in total. The van der Waals surface area contributed by atoms with Crippen LogP contribution in [0, 0.1) is 11.3 Å². The first-order chi connectivity index (χ1) is 13.8. The maximum absolute atomic E-state index is 13.5. The van der Waals surface area contributed by atoms with Crippen molar-refractivity contribution in [2.75, 3.05) is 0 Å². The third-order valence-corrected chi connectivity index (χ3v) is 4.54. The number of aromatic carboxylic acids is 1. The fraction of sp³-hybridized carbons (Fsp3) is 0.158. The first kappa shape index (κ1) is 23.6. The Morgan fingerprint density at radius 3 is 2.07 bits per heavy atom. The maximum atomic E-state index is 13.5. The molecule has 158 valence electrons. The van der Waals surface area contributed by atoms with Gasteiger partial charge in [-0.05, 0) is 35.4 Å². The zero-order valence-corrected chi connectivity index (χ0v) is 16.0. The zero-order chi connectivity index (χ0) is 22.9. The molecule has 0 aliphatic rings. The normalized spacial score (nSPS) is 13.3. The van der Waals surface area contributed by atoms with E-state index in [4.69, 9.17) is 33.6 Å². The zero-order valence-electron chi connectivity index (χ0n) is 14.4. The second-order valence-electron chi connectivity index (χ2n) is 5.96. The largest absolute Gasteiger partial charge is 0.478 e. The smallest absolute Gasteiger partial charge is 0.417 e. The lowest BCUT2D eigenvalue weighted by molar-refractivity contribution is -0.139. The third kappa shape index (κ3) is 5.26. The van der Waals surface area contributed by atoms with E-state index in [2.05, 4.69) is 0 Å². The van der Waals surface area contributed by atoms with Gasteiger partial charge in [0.25, 0.3) is 0 Å². The van der Waals surface area contributed by atoms with E-state index in [0.717, 1.165) is 24.3 Å². The van der Waals surface area contributed by atoms with E-state index in [1.54, 1.807) is 6.07 Å². The molecule has 0 saturated heterocycles. The van der Waals surface area contributed by atoms with Crippen LogP contribution in [0.5, 0.6) is 0 Å². The summed E-state index contributed by atoms with van der Waals surface area (Å²) < 4.78 is 79.8. The Bertz CT molecular complexity index is 1030. The van der Waals surface area contributed by atoms with Gasteiger partial charge in [-0.15, -0.1) is 0 Å². The molecule has 0 amide bonds. The Hall–Kier alpha value is -2.70. The van der Waals surface area contributed by atoms with Crippen LogP contribution in [0.4, 0.5) is 26.3 Å². The number of benzene rings is 2. The Labute approximate surface area is 175 Å². The summed E-state index contributed by atoms with van der Waals surface area (Å²) in [5.74, 6) is -4.12. The number of nitriles is 1. The van der Waals surface area contributed by atoms with Crippen molar-refractivity contribution in [3.05, 3.63) is 74.3 Å². The van der Waals surface area contributed by atoms with Gasteiger partial charge in [0.2, 0.25) is 0 Å². The molecule has 0 aliphatic heterocycles. The van der Waals surface area contributed by atoms with E-state index in [1.165, 1.54) is 0 Å². The maximum Gasteiger partial charge on any atom is 0.417 e. The van der Waals surface area contributed by atoms with Gasteiger partial charge in [0.1, 0.15) is 6.07 Å². The van der Waals surface area contributed by atoms with E-state index in [9.17, 15) is 31.1 Å². The number of hydrogen-bond acceptors (Lipinski definition) is 2. The van der Waals surface area contributed by atoms with Crippen LogP contribution in [0.25, 0.3) is 6.08 Å². The number of allylic oxidation sites excluding steroid dienone is 1. The van der Waals surface area contributed by atoms with Crippen molar-refractivity contribution in [2.24, 2.45) is 0 Å². The average Bonchev–Trinajstić information content (AvgIpc) is 2.59. The van der Waals surface area contributed by atoms with Crippen LogP contribution in [-0.4, -0.2) is 17.3 Å². The van der Waals surface area contributed by atoms with Crippen LogP contribution in [0.3, 0.4) is 0 Å². The van der Waals surface area contributed by atoms with Gasteiger partial charge in [-0.1, -0.05) is 41.4 Å². The number of carboxylic acids is 1. The molecule has 0 heterocycles. The second-order valence-corrected chi connectivity index (χ2v) is 6.77. The summed E-state index contributed by atoms with van der Waals surface area (Å²) in [6.07, 6.45) is -8.51. The molecule has 0 saturated carbocycles. The summed E-state index contributed by atoms with van der Waals surface area (Å²) in [5.41, 5.74) is -3.47. The molecule has 1 unspecified atom stereocenters. The summed E-state index contributed by atoms with van der Waals surface area (Å²) in [7, 11) is 0. The standard InChI is InChI=1S/C19H9Cl2F6NO2/c20-15-6-10(7-16(21)12(15)8-28)13(18(22,23)24)4-2-9-1-3-11(17(29)30)14(5-9)19(25,26)27/h1-7,13H,(H,29,30). The van der Waals surface area contributed by atoms with Gasteiger partial charge in [-0.3, -0.25) is 0 Å². The molecule has 0 radical (unpaired) electrons. The van der Waals surface area contributed by atoms with Gasteiger partial charge < -0.3 is 5.11 Å². The summed E-state index contributed by atoms with van der Waals surface area (Å²) in [4.78, 5) is 11.0. The minimum absolute atomic E-state index is 0.217. The summed E-state index contributed by atoms with van der Waals surface area (Å²) in [5, 5.41) is 17.2. The Balaban J connectivity index is 2.54. The van der Waals surface area contributed by atoms with Gasteiger partial charge in [0.05, 0.1) is 32.7 Å². The topological polar surface area (TPSA) is 61.1 Å². The van der Waals surface area contributed by atoms with Crippen molar-refractivity contribution >= 4 is 35.2 Å². The molecule has 0 spiro atoms. The van der Waals surface area contributed by atoms with Crippen molar-refractivity contribution in [1.82, 2.24) is 0 Å². The number of rotatable bonds is 4. The van der Waals surface area contributed by atoms with Crippen molar-refractivity contribution in [3.8, 4) is 6.07 Å². The first-order valence-corrected chi connectivity index (χ1v) is 8.59. The SMILES string of the molecule is N#Cc1c(Cl)cc(C(C=Cc2ccc(C(=O)O)c(C(F)(F)F)c2)C(F)(F)F)cc1Cl. The Morgan fingerprint density at radius 1 is 1.07 bits per heavy atom. The summed E-state index contributed by atoms with van der Waals surface area (Å²) in [6, 6.07) is 5.47. The highest BCUT2D eigenvalue weighted by atomic mass is 35.5. The molecule has 0 fully saturated rings. The van der Waals surface area contributed by atoms with Crippen LogP contribution >= 0.6 is 23.2 Å². The van der Waals surface area contributed by atoms with Gasteiger partial charge in [0, 0.05) is 0 Å². The van der Waals surface area contributed by atoms with Crippen LogP contribution in [0.15, 0.2) is 36.4 Å². The molecule has 2 aromatic carbocycles. The molecular formula is C19H9Cl2F6NO2. The quantitative estimate of drug-likeness (QED) is 0.495. The number of hydrogen-bond donors (Lipinski definition) is 1. The third-order valence-electron chi connectivity index (χ3n) is 3.95. The van der Waals surface area contributed by atoms with Crippen LogP contribution in [0.1, 0.15) is 38.5 Å². The van der Waals surface area contributed by atoms with Gasteiger partial charge in [0.15, 0.2) is 0 Å². The van der Waals surface area contributed by atoms with E-state index < -0.39 is 40.9 Å². The minimum Gasteiger partial charge on any atom is -0.478 e. The lowest BCUT2D eigenvalue weighted by atomic mass is 9.95. The summed E-state index contributed by atoms with van der Waals surface area (Å²) >= 11 is 11.6. The van der Waals surface area contributed by atoms with E-state index in [0.29, 0.717) is 18.2 Å². The predicted octanol–water partition coefficient (Wildman–Crippen LogP) is 6.94. The summed E-state index contributed by atoms with van der Waals surface area (Å²) in [6.45, 7) is 0. The number of carbonyl (C=O) groups is 1. The molecule has 0 bridgehead atoms. The molecular weight excluding hydrogens is 459 g/mol. The average molecular weight is 468 g/mol. The number of alkyl halides is 6. The van der Waals surface area contributed by atoms with Gasteiger partial charge in [-0.25, -0.2) is 4.79 Å². The molecule has 2 aromatic rings. The minimum atomic E-state index is -5.02. The molecule has 0 aromatic heterocycles. The van der Waals surface area contributed by atoms with Crippen molar-refractivity contribution < 1.29 is 36.2 Å². The van der Waals surface area contributed by atoms with E-state index in [1.807, 2.05) is 0 Å². The number of nitrogens with zero attached hydrogens (tertiary/aromatic N) is 1. The Kier molecular flexibility index (Phi) is 6.74. The first-order valence-electron chi connectivity index (χ1n) is 7.84. The molecule has 2 rings (SSSR count). The molecule has 30 heavy (non-hydrogen) atoms. The molecule has 0 aliphatic carbocycles. The van der Waals surface area contributed by atoms with Crippen molar-refractivity contribution in [3.63, 3.8) is 0 Å². The molecule has 11 heteroatoms. The van der Waals surface area contributed by atoms with Crippen molar-refractivity contribution in [1.29, 1.82) is 5.26 Å². The highest BCUT2D eigenvalue weighted by Crippen LogP contribution is 2.40. The fourth-order valence-corrected chi connectivity index (χ4v) is 3.17. The molecule has 1 N–H and O–H groups in total. The van der Waals surface area contributed by atoms with Gasteiger partial charge in [-0.2, -0.15) is 31.6 Å². The van der Waals surface area contributed by atoms with E-state index >= 15 is 0 Å². The van der Waals surface area contributed by atoms with Gasteiger partial charge >= 0.3 is 18.3 Å². The highest BCUT2D eigenvalue weighted by Gasteiger charge is 2.40. The van der Waals surface area contributed by atoms with E-state index in [-0.39, 0.29) is 21.2 Å². The fourth-order valence-electron chi connectivity index (χ4n) is 2.58.